The lowest BCUT2D eigenvalue weighted by molar-refractivity contribution is 0.414. The first kappa shape index (κ1) is 21.8. The Morgan fingerprint density at radius 3 is 2.78 bits per heavy atom. The predicted molar refractivity (Wildman–Crippen MR) is 135 cm³/mol. The Hall–Kier alpha value is -3.38. The lowest BCUT2D eigenvalue weighted by Crippen LogP contribution is -2.36. The molecule has 6 heteroatoms. The fraction of sp³-hybridized carbons (Fsp3) is 0.231. The van der Waals surface area contributed by atoms with Crippen molar-refractivity contribution in [2.24, 2.45) is 0 Å². The summed E-state index contributed by atoms with van der Waals surface area (Å²) in [5.41, 5.74) is 7.01. The Kier molecular flexibility index (Phi) is 6.71. The molecule has 0 amide bonds. The molecular formula is C26H28N4OS. The predicted octanol–water partition coefficient (Wildman–Crippen LogP) is 5.63. The van der Waals surface area contributed by atoms with Crippen LogP contribution in [-0.4, -0.2) is 33.6 Å². The number of aromatic nitrogens is 2. The molecule has 0 bridgehead atoms. The number of nitrogens with zero attached hydrogens (tertiary/aromatic N) is 2. The van der Waals surface area contributed by atoms with Gasteiger partial charge in [-0.2, -0.15) is 0 Å². The first-order valence-electron chi connectivity index (χ1n) is 10.7. The van der Waals surface area contributed by atoms with Gasteiger partial charge in [-0.1, -0.05) is 23.8 Å². The van der Waals surface area contributed by atoms with E-state index in [9.17, 15) is 0 Å². The molecule has 32 heavy (non-hydrogen) atoms. The molecule has 0 atom stereocenters. The maximum Gasteiger partial charge on any atom is 0.173 e. The fourth-order valence-electron chi connectivity index (χ4n) is 3.93. The number of fused-ring (bicyclic) bond motifs is 1. The summed E-state index contributed by atoms with van der Waals surface area (Å²) in [7, 11) is 1.66. The molecular weight excluding hydrogens is 416 g/mol. The quantitative estimate of drug-likeness (QED) is 0.362. The van der Waals surface area contributed by atoms with E-state index in [1.807, 2.05) is 36.5 Å². The molecule has 164 valence electrons. The largest absolute Gasteiger partial charge is 0.497 e. The van der Waals surface area contributed by atoms with Crippen LogP contribution in [-0.2, 0) is 13.0 Å². The summed E-state index contributed by atoms with van der Waals surface area (Å²) in [6, 6.07) is 18.4. The third kappa shape index (κ3) is 5.08. The van der Waals surface area contributed by atoms with Crippen LogP contribution in [0.1, 0.15) is 22.4 Å². The van der Waals surface area contributed by atoms with E-state index in [1.54, 1.807) is 13.3 Å². The summed E-state index contributed by atoms with van der Waals surface area (Å²) in [5, 5.41) is 5.34. The van der Waals surface area contributed by atoms with Crippen LogP contribution >= 0.6 is 12.2 Å². The number of aryl methyl sites for hydroxylation is 2. The molecule has 0 saturated heterocycles. The molecule has 4 aromatic rings. The van der Waals surface area contributed by atoms with E-state index in [2.05, 4.69) is 58.3 Å². The fourth-order valence-corrected chi connectivity index (χ4v) is 4.21. The molecule has 2 heterocycles. The number of benzene rings is 2. The van der Waals surface area contributed by atoms with Gasteiger partial charge in [0.25, 0.3) is 0 Å². The maximum atomic E-state index is 5.83. The van der Waals surface area contributed by atoms with Crippen molar-refractivity contribution in [2.75, 3.05) is 19.0 Å². The minimum atomic E-state index is 0.677. The third-order valence-electron chi connectivity index (χ3n) is 5.61. The second-order valence-electron chi connectivity index (χ2n) is 7.97. The van der Waals surface area contributed by atoms with Gasteiger partial charge in [-0.3, -0.25) is 4.98 Å². The topological polar surface area (TPSA) is 53.2 Å². The number of nitrogens with one attached hydrogen (secondary N) is 2. The van der Waals surface area contributed by atoms with Crippen molar-refractivity contribution in [3.05, 3.63) is 89.4 Å². The zero-order valence-corrected chi connectivity index (χ0v) is 19.5. The van der Waals surface area contributed by atoms with Crippen LogP contribution in [0, 0.1) is 13.8 Å². The van der Waals surface area contributed by atoms with Crippen LogP contribution < -0.4 is 10.1 Å². The molecule has 0 fully saturated rings. The summed E-state index contributed by atoms with van der Waals surface area (Å²) >= 11 is 5.83. The van der Waals surface area contributed by atoms with E-state index in [1.165, 1.54) is 27.7 Å². The van der Waals surface area contributed by atoms with Gasteiger partial charge in [0, 0.05) is 53.8 Å². The molecule has 2 N–H and O–H groups in total. The van der Waals surface area contributed by atoms with Crippen LogP contribution in [0.4, 0.5) is 5.69 Å². The first-order valence-corrected chi connectivity index (χ1v) is 11.1. The van der Waals surface area contributed by atoms with Crippen LogP contribution in [0.2, 0.25) is 0 Å². The Morgan fingerprint density at radius 2 is 2.00 bits per heavy atom. The number of anilines is 1. The van der Waals surface area contributed by atoms with Gasteiger partial charge in [-0.15, -0.1) is 0 Å². The van der Waals surface area contributed by atoms with Crippen LogP contribution in [0.3, 0.4) is 0 Å². The number of H-pyrrole nitrogens is 1. The van der Waals surface area contributed by atoms with Gasteiger partial charge in [-0.25, -0.2) is 0 Å². The number of hydrogen-bond donors (Lipinski definition) is 2. The number of ether oxygens (including phenoxy) is 1. The number of aromatic amines is 1. The third-order valence-corrected chi connectivity index (χ3v) is 5.97. The van der Waals surface area contributed by atoms with E-state index >= 15 is 0 Å². The molecule has 4 rings (SSSR count). The lowest BCUT2D eigenvalue weighted by Gasteiger charge is -2.26. The summed E-state index contributed by atoms with van der Waals surface area (Å²) in [6.07, 6.45) is 4.56. The standard InChI is InChI=1S/C26H28N4OS/c1-18-9-10-25-24(14-18)23(19(2)28-25)11-13-30(17-20-6-5-12-27-16-20)26(32)29-21-7-4-8-22(15-21)31-3/h4-10,12,14-16,28H,11,13,17H2,1-3H3,(H,29,32). The summed E-state index contributed by atoms with van der Waals surface area (Å²) < 4.78 is 5.34. The van der Waals surface area contributed by atoms with Gasteiger partial charge >= 0.3 is 0 Å². The molecule has 0 saturated carbocycles. The van der Waals surface area contributed by atoms with E-state index in [0.29, 0.717) is 11.7 Å². The van der Waals surface area contributed by atoms with E-state index in [0.717, 1.165) is 30.0 Å². The van der Waals surface area contributed by atoms with Gasteiger partial charge < -0.3 is 19.9 Å². The maximum absolute atomic E-state index is 5.83. The highest BCUT2D eigenvalue weighted by atomic mass is 32.1. The number of rotatable bonds is 7. The summed E-state index contributed by atoms with van der Waals surface area (Å²) in [4.78, 5) is 9.98. The molecule has 0 aliphatic rings. The molecule has 0 unspecified atom stereocenters. The van der Waals surface area contributed by atoms with Gasteiger partial charge in [0.2, 0.25) is 0 Å². The molecule has 5 nitrogen and oxygen atoms in total. The molecule has 2 aromatic carbocycles. The highest BCUT2D eigenvalue weighted by Crippen LogP contribution is 2.24. The molecule has 0 radical (unpaired) electrons. The number of hydrogen-bond acceptors (Lipinski definition) is 3. The summed E-state index contributed by atoms with van der Waals surface area (Å²) in [5.74, 6) is 0.793. The van der Waals surface area contributed by atoms with Crippen LogP contribution in [0.15, 0.2) is 67.0 Å². The Labute approximate surface area is 194 Å². The van der Waals surface area contributed by atoms with Crippen molar-refractivity contribution >= 4 is 33.9 Å². The monoisotopic (exact) mass is 444 g/mol. The number of thiocarbonyl (C=S) groups is 1. The lowest BCUT2D eigenvalue weighted by atomic mass is 10.1. The van der Waals surface area contributed by atoms with Gasteiger partial charge in [0.15, 0.2) is 5.11 Å². The van der Waals surface area contributed by atoms with E-state index < -0.39 is 0 Å². The minimum absolute atomic E-state index is 0.677. The van der Waals surface area contributed by atoms with Crippen molar-refractivity contribution < 1.29 is 4.74 Å². The van der Waals surface area contributed by atoms with E-state index in [4.69, 9.17) is 17.0 Å². The molecule has 0 aliphatic carbocycles. The highest BCUT2D eigenvalue weighted by Gasteiger charge is 2.15. The number of methoxy groups -OCH3 is 1. The molecule has 2 aromatic heterocycles. The van der Waals surface area contributed by atoms with Crippen molar-refractivity contribution in [3.8, 4) is 5.75 Å². The normalized spacial score (nSPS) is 10.8. The van der Waals surface area contributed by atoms with E-state index in [-0.39, 0.29) is 0 Å². The second-order valence-corrected chi connectivity index (χ2v) is 8.36. The van der Waals surface area contributed by atoms with Gasteiger partial charge in [0.05, 0.1) is 7.11 Å². The Morgan fingerprint density at radius 1 is 1.12 bits per heavy atom. The second kappa shape index (κ2) is 9.83. The van der Waals surface area contributed by atoms with Crippen molar-refractivity contribution in [1.82, 2.24) is 14.9 Å². The molecule has 0 spiro atoms. The Bertz CT molecular complexity index is 1220. The summed E-state index contributed by atoms with van der Waals surface area (Å²) in [6.45, 7) is 5.74. The zero-order valence-electron chi connectivity index (χ0n) is 18.7. The SMILES string of the molecule is COc1cccc(NC(=S)N(CCc2c(C)[nH]c3ccc(C)cc23)Cc2cccnc2)c1. The van der Waals surface area contributed by atoms with Crippen LogP contribution in [0.25, 0.3) is 10.9 Å². The van der Waals surface area contributed by atoms with Crippen molar-refractivity contribution in [2.45, 2.75) is 26.8 Å². The van der Waals surface area contributed by atoms with Gasteiger partial charge in [0.1, 0.15) is 5.75 Å². The highest BCUT2D eigenvalue weighted by molar-refractivity contribution is 7.80. The Balaban J connectivity index is 1.56. The van der Waals surface area contributed by atoms with Crippen molar-refractivity contribution in [1.29, 1.82) is 0 Å². The average molecular weight is 445 g/mol. The number of pyridine rings is 1. The minimum Gasteiger partial charge on any atom is -0.497 e. The molecule has 0 aliphatic heterocycles. The smallest absolute Gasteiger partial charge is 0.173 e. The van der Waals surface area contributed by atoms with Gasteiger partial charge in [-0.05, 0) is 73.9 Å². The van der Waals surface area contributed by atoms with Crippen molar-refractivity contribution in [3.63, 3.8) is 0 Å². The first-order chi connectivity index (χ1) is 15.5. The zero-order chi connectivity index (χ0) is 22.5. The average Bonchev–Trinajstić information content (AvgIpc) is 3.11. The van der Waals surface area contributed by atoms with Crippen LogP contribution in [0.5, 0.6) is 5.75 Å².